The molecule has 2 atom stereocenters. The van der Waals surface area contributed by atoms with Gasteiger partial charge in [-0.1, -0.05) is 18.0 Å². The van der Waals surface area contributed by atoms with Crippen LogP contribution in [0.15, 0.2) is 42.5 Å². The maximum atomic E-state index is 12.8. The van der Waals surface area contributed by atoms with Gasteiger partial charge >= 0.3 is 6.18 Å². The highest BCUT2D eigenvalue weighted by Crippen LogP contribution is 2.33. The minimum Gasteiger partial charge on any atom is -0.487 e. The van der Waals surface area contributed by atoms with E-state index in [4.69, 9.17) is 16.3 Å². The molecular weight excluding hydrogens is 443 g/mol. The van der Waals surface area contributed by atoms with Crippen molar-refractivity contribution in [1.82, 2.24) is 5.32 Å². The first-order chi connectivity index (χ1) is 15.3. The molecule has 0 aromatic heterocycles. The molecule has 1 amide bonds. The second-order valence-corrected chi connectivity index (χ2v) is 8.56. The van der Waals surface area contributed by atoms with Crippen molar-refractivity contribution in [1.29, 1.82) is 0 Å². The van der Waals surface area contributed by atoms with Gasteiger partial charge in [-0.25, -0.2) is 0 Å². The lowest BCUT2D eigenvalue weighted by molar-refractivity contribution is -0.137. The molecule has 0 aliphatic carbocycles. The smallest absolute Gasteiger partial charge is 0.416 e. The van der Waals surface area contributed by atoms with E-state index in [-0.39, 0.29) is 18.1 Å². The van der Waals surface area contributed by atoms with E-state index in [1.54, 1.807) is 18.2 Å². The van der Waals surface area contributed by atoms with E-state index in [9.17, 15) is 18.0 Å². The van der Waals surface area contributed by atoms with Gasteiger partial charge in [-0.3, -0.25) is 4.79 Å². The van der Waals surface area contributed by atoms with Crippen LogP contribution in [0.1, 0.15) is 31.2 Å². The third-order valence-electron chi connectivity index (χ3n) is 5.82. The first kappa shape index (κ1) is 22.7. The number of rotatable bonds is 5. The topological polar surface area (TPSA) is 53.6 Å². The number of ether oxygens (including phenoxy) is 1. The molecule has 5 nitrogen and oxygen atoms in total. The number of piperidine rings is 1. The number of halogens is 4. The summed E-state index contributed by atoms with van der Waals surface area (Å²) in [5.74, 6) is 0.442. The molecule has 9 heteroatoms. The number of amides is 1. The van der Waals surface area contributed by atoms with Crippen LogP contribution >= 0.6 is 11.6 Å². The van der Waals surface area contributed by atoms with E-state index in [2.05, 4.69) is 10.6 Å². The van der Waals surface area contributed by atoms with E-state index < -0.39 is 11.7 Å². The Morgan fingerprint density at radius 2 is 1.91 bits per heavy atom. The summed E-state index contributed by atoms with van der Waals surface area (Å²) >= 11 is 6.38. The van der Waals surface area contributed by atoms with Crippen molar-refractivity contribution in [3.63, 3.8) is 0 Å². The van der Waals surface area contributed by atoms with E-state index >= 15 is 0 Å². The molecule has 0 radical (unpaired) electrons. The lowest BCUT2D eigenvalue weighted by Crippen LogP contribution is -2.43. The number of anilines is 2. The number of carbonyl (C=O) groups is 1. The van der Waals surface area contributed by atoms with Crippen LogP contribution in [0.5, 0.6) is 5.75 Å². The Morgan fingerprint density at radius 1 is 1.12 bits per heavy atom. The fourth-order valence-electron chi connectivity index (χ4n) is 4.08. The summed E-state index contributed by atoms with van der Waals surface area (Å²) in [5.41, 5.74) is 0.675. The quantitative estimate of drug-likeness (QED) is 0.642. The van der Waals surface area contributed by atoms with Gasteiger partial charge in [-0.2, -0.15) is 13.2 Å². The van der Waals surface area contributed by atoms with Crippen molar-refractivity contribution in [2.24, 2.45) is 0 Å². The summed E-state index contributed by atoms with van der Waals surface area (Å²) in [5, 5.41) is 6.49. The highest BCUT2D eigenvalue weighted by Gasteiger charge is 2.31. The predicted molar refractivity (Wildman–Crippen MR) is 118 cm³/mol. The molecule has 2 aliphatic rings. The van der Waals surface area contributed by atoms with Crippen LogP contribution in [-0.4, -0.2) is 37.7 Å². The molecule has 2 fully saturated rings. The van der Waals surface area contributed by atoms with Crippen LogP contribution in [-0.2, 0) is 11.0 Å². The molecule has 2 aromatic carbocycles. The van der Waals surface area contributed by atoms with E-state index in [0.29, 0.717) is 29.5 Å². The number of alkyl halides is 3. The number of hydrogen-bond acceptors (Lipinski definition) is 4. The van der Waals surface area contributed by atoms with Gasteiger partial charge in [0.15, 0.2) is 0 Å². The highest BCUT2D eigenvalue weighted by atomic mass is 35.5. The van der Waals surface area contributed by atoms with Gasteiger partial charge in [0.1, 0.15) is 11.9 Å². The summed E-state index contributed by atoms with van der Waals surface area (Å²) in [6.45, 7) is 2.07. The van der Waals surface area contributed by atoms with Gasteiger partial charge < -0.3 is 20.3 Å². The van der Waals surface area contributed by atoms with Gasteiger partial charge in [0, 0.05) is 24.3 Å². The van der Waals surface area contributed by atoms with Crippen LogP contribution in [0.2, 0.25) is 5.02 Å². The molecule has 0 saturated carbocycles. The molecule has 2 heterocycles. The van der Waals surface area contributed by atoms with Crippen molar-refractivity contribution in [3.05, 3.63) is 53.1 Å². The predicted octanol–water partition coefficient (Wildman–Crippen LogP) is 5.10. The van der Waals surface area contributed by atoms with Gasteiger partial charge in [-0.05, 0) is 61.9 Å². The Morgan fingerprint density at radius 3 is 2.56 bits per heavy atom. The molecule has 32 heavy (non-hydrogen) atoms. The second kappa shape index (κ2) is 9.58. The molecule has 2 N–H and O–H groups in total. The normalized spacial score (nSPS) is 21.4. The summed E-state index contributed by atoms with van der Waals surface area (Å²) in [6, 6.07) is 10.1. The number of nitrogens with one attached hydrogen (secondary N) is 2. The minimum atomic E-state index is -4.34. The number of nitrogens with zero attached hydrogens (tertiary/aromatic N) is 1. The highest BCUT2D eigenvalue weighted by molar-refractivity contribution is 6.32. The number of benzene rings is 2. The number of hydrogen-bond donors (Lipinski definition) is 2. The summed E-state index contributed by atoms with van der Waals surface area (Å²) in [4.78, 5) is 14.4. The Bertz CT molecular complexity index is 946. The summed E-state index contributed by atoms with van der Waals surface area (Å²) in [6.07, 6.45) is -0.824. The average molecular weight is 468 g/mol. The Hall–Kier alpha value is -2.45. The lowest BCUT2D eigenvalue weighted by atomic mass is 10.0. The fraction of sp³-hybridized carbons (Fsp3) is 0.435. The largest absolute Gasteiger partial charge is 0.487 e. The zero-order valence-electron chi connectivity index (χ0n) is 17.4. The van der Waals surface area contributed by atoms with E-state index in [1.165, 1.54) is 12.1 Å². The van der Waals surface area contributed by atoms with Crippen LogP contribution in [0, 0.1) is 0 Å². The second-order valence-electron chi connectivity index (χ2n) is 8.16. The molecule has 2 aromatic rings. The maximum absolute atomic E-state index is 12.8. The molecule has 4 rings (SSSR count). The lowest BCUT2D eigenvalue weighted by Gasteiger charge is -2.23. The average Bonchev–Trinajstić information content (AvgIpc) is 3.24. The van der Waals surface area contributed by atoms with Gasteiger partial charge in [0.25, 0.3) is 0 Å². The summed E-state index contributed by atoms with van der Waals surface area (Å²) in [7, 11) is 0. The van der Waals surface area contributed by atoms with Gasteiger partial charge in [0.2, 0.25) is 5.91 Å². The zero-order valence-corrected chi connectivity index (χ0v) is 18.2. The first-order valence-electron chi connectivity index (χ1n) is 10.7. The van der Waals surface area contributed by atoms with E-state index in [0.717, 1.165) is 50.0 Å². The SMILES string of the molecule is O=C(Nc1ccc(O[C@H]2CCN(c3ccc(C(F)(F)F)cc3)C2)c(Cl)c1)[C@H]1CCCCN1. The summed E-state index contributed by atoms with van der Waals surface area (Å²) < 4.78 is 44.3. The molecule has 2 aliphatic heterocycles. The van der Waals surface area contributed by atoms with Crippen LogP contribution in [0.4, 0.5) is 24.5 Å². The molecule has 2 saturated heterocycles. The Kier molecular flexibility index (Phi) is 6.81. The molecule has 0 bridgehead atoms. The van der Waals surface area contributed by atoms with Crippen LogP contribution in [0.25, 0.3) is 0 Å². The van der Waals surface area contributed by atoms with Crippen LogP contribution in [0.3, 0.4) is 0 Å². The van der Waals surface area contributed by atoms with Crippen molar-refractivity contribution < 1.29 is 22.7 Å². The van der Waals surface area contributed by atoms with Crippen molar-refractivity contribution in [2.75, 3.05) is 29.9 Å². The zero-order chi connectivity index (χ0) is 22.7. The van der Waals surface area contributed by atoms with Gasteiger partial charge in [-0.15, -0.1) is 0 Å². The van der Waals surface area contributed by atoms with Crippen molar-refractivity contribution in [2.45, 2.75) is 44.0 Å². The molecular formula is C23H25ClF3N3O2. The fourth-order valence-corrected chi connectivity index (χ4v) is 4.30. The maximum Gasteiger partial charge on any atom is 0.416 e. The molecule has 172 valence electrons. The Balaban J connectivity index is 1.33. The first-order valence-corrected chi connectivity index (χ1v) is 11.1. The standard InChI is InChI=1S/C23H25ClF3N3O2/c24-19-13-16(29-22(31)20-3-1-2-11-28-20)6-9-21(19)32-18-10-12-30(14-18)17-7-4-15(5-8-17)23(25,26)27/h4-9,13,18,20,28H,1-3,10-12,14H2,(H,29,31)/t18-,20+/m0/s1. The third kappa shape index (κ3) is 5.48. The third-order valence-corrected chi connectivity index (χ3v) is 6.12. The minimum absolute atomic E-state index is 0.0718. The Labute approximate surface area is 189 Å². The van der Waals surface area contributed by atoms with Crippen molar-refractivity contribution >= 4 is 28.9 Å². The van der Waals surface area contributed by atoms with Crippen molar-refractivity contribution in [3.8, 4) is 5.75 Å². The monoisotopic (exact) mass is 467 g/mol. The molecule has 0 spiro atoms. The number of carbonyl (C=O) groups excluding carboxylic acids is 1. The van der Waals surface area contributed by atoms with Crippen LogP contribution < -0.4 is 20.3 Å². The molecule has 0 unspecified atom stereocenters. The van der Waals surface area contributed by atoms with E-state index in [1.807, 2.05) is 4.90 Å². The van der Waals surface area contributed by atoms with Gasteiger partial charge in [0.05, 0.1) is 23.2 Å².